The van der Waals surface area contributed by atoms with E-state index in [1.807, 2.05) is 55.5 Å². The van der Waals surface area contributed by atoms with E-state index in [2.05, 4.69) is 29.7 Å². The zero-order chi connectivity index (χ0) is 19.4. The van der Waals surface area contributed by atoms with Crippen molar-refractivity contribution in [1.82, 2.24) is 5.43 Å². The van der Waals surface area contributed by atoms with Gasteiger partial charge in [0, 0.05) is 17.2 Å². The Labute approximate surface area is 159 Å². The van der Waals surface area contributed by atoms with E-state index in [0.717, 1.165) is 24.1 Å². The molecule has 1 fully saturated rings. The smallest absolute Gasteiger partial charge is 0.271 e. The van der Waals surface area contributed by atoms with Gasteiger partial charge in [-0.15, -0.1) is 0 Å². The molecule has 2 aromatic rings. The zero-order valence-electron chi connectivity index (χ0n) is 16.0. The molecular weight excluding hydrogens is 338 g/mol. The second kappa shape index (κ2) is 8.16. The molecule has 1 saturated carbocycles. The van der Waals surface area contributed by atoms with E-state index in [1.165, 1.54) is 5.56 Å². The number of hydrazone groups is 1. The minimum Gasteiger partial charge on any atom is -0.326 e. The van der Waals surface area contributed by atoms with Crippen LogP contribution < -0.4 is 10.7 Å². The van der Waals surface area contributed by atoms with E-state index in [4.69, 9.17) is 0 Å². The van der Waals surface area contributed by atoms with Crippen LogP contribution in [0.1, 0.15) is 61.0 Å². The van der Waals surface area contributed by atoms with Gasteiger partial charge >= 0.3 is 0 Å². The first-order valence-electron chi connectivity index (χ1n) is 9.30. The summed E-state index contributed by atoms with van der Waals surface area (Å²) in [6, 6.07) is 15.0. The number of carbonyl (C=O) groups excluding carboxylic acids is 2. The number of amides is 2. The van der Waals surface area contributed by atoms with Gasteiger partial charge in [0.1, 0.15) is 0 Å². The molecule has 27 heavy (non-hydrogen) atoms. The van der Waals surface area contributed by atoms with Crippen molar-refractivity contribution >= 4 is 23.2 Å². The molecule has 0 aliphatic heterocycles. The summed E-state index contributed by atoms with van der Waals surface area (Å²) in [5, 5.41) is 7.09. The molecule has 0 unspecified atom stereocenters. The van der Waals surface area contributed by atoms with Crippen molar-refractivity contribution in [3.8, 4) is 0 Å². The third-order valence-corrected chi connectivity index (χ3v) is 4.68. The Morgan fingerprint density at radius 2 is 1.56 bits per heavy atom. The summed E-state index contributed by atoms with van der Waals surface area (Å²) in [7, 11) is 0. The molecule has 1 aliphatic rings. The number of rotatable bonds is 6. The highest BCUT2D eigenvalue weighted by molar-refractivity contribution is 6.01. The van der Waals surface area contributed by atoms with E-state index in [0.29, 0.717) is 17.2 Å². The molecule has 0 spiro atoms. The number of benzene rings is 2. The van der Waals surface area contributed by atoms with Gasteiger partial charge in [-0.2, -0.15) is 5.10 Å². The van der Waals surface area contributed by atoms with Gasteiger partial charge in [0.25, 0.3) is 5.91 Å². The molecule has 0 saturated heterocycles. The molecule has 0 heterocycles. The summed E-state index contributed by atoms with van der Waals surface area (Å²) in [6.07, 6.45) is 1.96. The highest BCUT2D eigenvalue weighted by Gasteiger charge is 2.29. The van der Waals surface area contributed by atoms with Crippen LogP contribution in [0.5, 0.6) is 0 Å². The number of hydrogen-bond acceptors (Lipinski definition) is 3. The average molecular weight is 363 g/mol. The maximum Gasteiger partial charge on any atom is 0.271 e. The molecule has 2 N–H and O–H groups in total. The topological polar surface area (TPSA) is 70.6 Å². The fourth-order valence-corrected chi connectivity index (χ4v) is 2.67. The maximum absolute atomic E-state index is 12.2. The van der Waals surface area contributed by atoms with Gasteiger partial charge < -0.3 is 5.32 Å². The zero-order valence-corrected chi connectivity index (χ0v) is 16.0. The van der Waals surface area contributed by atoms with Crippen LogP contribution in [0, 0.1) is 5.92 Å². The van der Waals surface area contributed by atoms with Gasteiger partial charge in [-0.1, -0.05) is 38.1 Å². The normalized spacial score (nSPS) is 14.1. The highest BCUT2D eigenvalue weighted by atomic mass is 16.2. The van der Waals surface area contributed by atoms with E-state index < -0.39 is 0 Å². The van der Waals surface area contributed by atoms with Crippen molar-refractivity contribution in [1.29, 1.82) is 0 Å². The molecular formula is C22H25N3O2. The third-order valence-electron chi connectivity index (χ3n) is 4.68. The van der Waals surface area contributed by atoms with Crippen LogP contribution >= 0.6 is 0 Å². The summed E-state index contributed by atoms with van der Waals surface area (Å²) >= 11 is 0. The lowest BCUT2D eigenvalue weighted by Gasteiger charge is -2.07. The van der Waals surface area contributed by atoms with Crippen LogP contribution in [0.2, 0.25) is 0 Å². The molecule has 5 heteroatoms. The third kappa shape index (κ3) is 5.03. The molecule has 2 aromatic carbocycles. The number of nitrogens with one attached hydrogen (secondary N) is 2. The van der Waals surface area contributed by atoms with Crippen molar-refractivity contribution in [2.45, 2.75) is 39.5 Å². The average Bonchev–Trinajstić information content (AvgIpc) is 3.52. The Morgan fingerprint density at radius 1 is 0.963 bits per heavy atom. The molecule has 5 nitrogen and oxygen atoms in total. The summed E-state index contributed by atoms with van der Waals surface area (Å²) in [5.74, 6) is 0.457. The molecule has 0 atom stereocenters. The van der Waals surface area contributed by atoms with Crippen LogP contribution in [0.3, 0.4) is 0 Å². The van der Waals surface area contributed by atoms with Gasteiger partial charge in [0.2, 0.25) is 5.91 Å². The van der Waals surface area contributed by atoms with Gasteiger partial charge in [0.15, 0.2) is 0 Å². The van der Waals surface area contributed by atoms with Crippen molar-refractivity contribution in [3.05, 3.63) is 65.2 Å². The molecule has 1 aliphatic carbocycles. The molecule has 0 bridgehead atoms. The number of hydrogen-bond donors (Lipinski definition) is 2. The minimum atomic E-state index is -0.238. The number of carbonyl (C=O) groups is 2. The first-order valence-corrected chi connectivity index (χ1v) is 9.30. The van der Waals surface area contributed by atoms with Gasteiger partial charge in [-0.05, 0) is 61.1 Å². The standard InChI is InChI=1S/C22H25N3O2/c1-14(2)16-4-6-19(7-5-16)22(27)25-24-15(3)17-10-12-20(13-11-17)23-21(26)18-8-9-18/h4-7,10-14,18H,8-9H2,1-3H3,(H,23,26)(H,25,27)/b24-15-. The fraction of sp³-hybridized carbons (Fsp3) is 0.318. The molecule has 140 valence electrons. The second-order valence-corrected chi connectivity index (χ2v) is 7.26. The van der Waals surface area contributed by atoms with Crippen LogP contribution in [0.25, 0.3) is 0 Å². The van der Waals surface area contributed by atoms with Crippen molar-refractivity contribution in [2.24, 2.45) is 11.0 Å². The fourth-order valence-electron chi connectivity index (χ4n) is 2.67. The SMILES string of the molecule is C/C(=N/NC(=O)c1ccc(C(C)C)cc1)c1ccc(NC(=O)C2CC2)cc1. The van der Waals surface area contributed by atoms with Crippen molar-refractivity contribution in [3.63, 3.8) is 0 Å². The number of anilines is 1. The summed E-state index contributed by atoms with van der Waals surface area (Å²) in [5.41, 5.74) is 6.72. The predicted octanol–water partition coefficient (Wildman–Crippen LogP) is 4.31. The van der Waals surface area contributed by atoms with E-state index >= 15 is 0 Å². The Hall–Kier alpha value is -2.95. The maximum atomic E-state index is 12.2. The van der Waals surface area contributed by atoms with Gasteiger partial charge in [0.05, 0.1) is 5.71 Å². The van der Waals surface area contributed by atoms with Crippen molar-refractivity contribution in [2.75, 3.05) is 5.32 Å². The quantitative estimate of drug-likeness (QED) is 0.593. The summed E-state index contributed by atoms with van der Waals surface area (Å²) in [6.45, 7) is 6.07. The Bertz CT molecular complexity index is 848. The van der Waals surface area contributed by atoms with Crippen LogP contribution in [0.15, 0.2) is 53.6 Å². The van der Waals surface area contributed by atoms with Gasteiger partial charge in [-0.3, -0.25) is 9.59 Å². The van der Waals surface area contributed by atoms with Crippen molar-refractivity contribution < 1.29 is 9.59 Å². The van der Waals surface area contributed by atoms with Crippen LogP contribution in [-0.2, 0) is 4.79 Å². The highest BCUT2D eigenvalue weighted by Crippen LogP contribution is 2.30. The van der Waals surface area contributed by atoms with E-state index in [-0.39, 0.29) is 17.7 Å². The monoisotopic (exact) mass is 363 g/mol. The Balaban J connectivity index is 1.59. The largest absolute Gasteiger partial charge is 0.326 e. The lowest BCUT2D eigenvalue weighted by Crippen LogP contribution is -2.19. The first kappa shape index (κ1) is 18.8. The van der Waals surface area contributed by atoms with Crippen LogP contribution in [-0.4, -0.2) is 17.5 Å². The Morgan fingerprint density at radius 3 is 2.11 bits per heavy atom. The summed E-state index contributed by atoms with van der Waals surface area (Å²) in [4.78, 5) is 24.0. The predicted molar refractivity (Wildman–Crippen MR) is 108 cm³/mol. The van der Waals surface area contributed by atoms with E-state index in [1.54, 1.807) is 0 Å². The minimum absolute atomic E-state index is 0.0869. The second-order valence-electron chi connectivity index (χ2n) is 7.26. The summed E-state index contributed by atoms with van der Waals surface area (Å²) < 4.78 is 0. The molecule has 2 amide bonds. The first-order chi connectivity index (χ1) is 12.9. The molecule has 0 aromatic heterocycles. The molecule has 0 radical (unpaired) electrons. The van der Waals surface area contributed by atoms with E-state index in [9.17, 15) is 9.59 Å². The number of nitrogens with zero attached hydrogens (tertiary/aromatic N) is 1. The Kier molecular flexibility index (Phi) is 5.69. The lowest BCUT2D eigenvalue weighted by atomic mass is 10.0. The lowest BCUT2D eigenvalue weighted by molar-refractivity contribution is -0.117. The molecule has 3 rings (SSSR count). The van der Waals surface area contributed by atoms with Gasteiger partial charge in [-0.25, -0.2) is 5.43 Å². The van der Waals surface area contributed by atoms with Crippen LogP contribution in [0.4, 0.5) is 5.69 Å².